The Morgan fingerprint density at radius 1 is 0.556 bits per heavy atom. The SMILES string of the molecule is C/C=C1\CC2C=Nc3cc(OCc4cc(OCCN(CCOCCOCCOCCC(C)=O)C(=O)CCOCCOCCOCCOC)cc(COc5cc6c(cc5OC)C(=O)N5C/C(=C/C)CC5C=N6)n4)c(OC)cc3C(=O)N2C1. The first-order valence-corrected chi connectivity index (χ1v) is 27.6. The molecule has 81 heavy (non-hydrogen) atoms. The number of hydrogen-bond acceptors (Lipinski definition) is 19. The fourth-order valence-corrected chi connectivity index (χ4v) is 9.25. The Morgan fingerprint density at radius 3 is 1.46 bits per heavy atom. The number of ketones is 1. The Bertz CT molecular complexity index is 2580. The van der Waals surface area contributed by atoms with Gasteiger partial charge in [0.25, 0.3) is 11.8 Å². The van der Waals surface area contributed by atoms with Gasteiger partial charge in [0.2, 0.25) is 5.91 Å². The molecule has 4 aliphatic rings. The van der Waals surface area contributed by atoms with Crippen LogP contribution in [0.4, 0.5) is 11.4 Å². The molecule has 0 bridgehead atoms. The fourth-order valence-electron chi connectivity index (χ4n) is 9.25. The maximum absolute atomic E-state index is 13.8. The molecule has 0 radical (unpaired) electrons. The zero-order valence-corrected chi connectivity index (χ0v) is 47.6. The van der Waals surface area contributed by atoms with Gasteiger partial charge in [0.15, 0.2) is 23.0 Å². The third kappa shape index (κ3) is 18.4. The van der Waals surface area contributed by atoms with Gasteiger partial charge >= 0.3 is 0 Å². The third-order valence-corrected chi connectivity index (χ3v) is 13.7. The molecule has 22 nitrogen and oxygen atoms in total. The van der Waals surface area contributed by atoms with Crippen molar-refractivity contribution >= 4 is 47.3 Å². The normalized spacial score (nSPS) is 17.2. The number of benzene rings is 2. The van der Waals surface area contributed by atoms with E-state index < -0.39 is 0 Å². The highest BCUT2D eigenvalue weighted by molar-refractivity contribution is 6.05. The standard InChI is InChI=1S/C59H78N6O16/c1-7-42-27-46-35-60-51-33-55(53(71-5)31-49(51)58(68)64(46)37-42)80-39-44-29-48(30-45(62-44)40-81-56-34-52-50(32-54(56)72-6)59(69)65-38-43(8-2)28-47(65)36-61-52)79-16-12-63(11-15-75-21-24-77-22-19-73-13-9-41(3)66)57(67)10-14-74-20-23-78-26-25-76-18-17-70-4/h7-8,29-36,46-47H,9-28,37-40H2,1-6H3/b42-7+,43-8+. The molecule has 2 aromatic carbocycles. The van der Waals surface area contributed by atoms with E-state index in [1.807, 2.05) is 48.2 Å². The number of Topliss-reactive ketones (excluding diaryl/α,β-unsaturated/α-hetero) is 1. The van der Waals surface area contributed by atoms with Gasteiger partial charge in [0.1, 0.15) is 31.4 Å². The molecule has 3 amide bonds. The van der Waals surface area contributed by atoms with Crippen LogP contribution in [0.15, 0.2) is 69.7 Å². The smallest absolute Gasteiger partial charge is 0.257 e. The molecule has 4 aliphatic heterocycles. The van der Waals surface area contributed by atoms with Gasteiger partial charge in [0, 0.05) is 69.9 Å². The molecule has 22 heteroatoms. The van der Waals surface area contributed by atoms with Crippen LogP contribution in [0.5, 0.6) is 28.7 Å². The average molecular weight is 1130 g/mol. The number of nitrogens with zero attached hydrogens (tertiary/aromatic N) is 6. The summed E-state index contributed by atoms with van der Waals surface area (Å²) < 4.78 is 69.4. The number of carbonyl (C=O) groups excluding carboxylic acids is 4. The van der Waals surface area contributed by atoms with E-state index in [4.69, 9.17) is 71.8 Å². The van der Waals surface area contributed by atoms with Gasteiger partial charge in [0.05, 0.1) is 159 Å². The van der Waals surface area contributed by atoms with Crippen molar-refractivity contribution in [1.82, 2.24) is 19.7 Å². The van der Waals surface area contributed by atoms with Gasteiger partial charge < -0.3 is 71.5 Å². The molecule has 0 aliphatic carbocycles. The topological polar surface area (TPSA) is 226 Å². The molecule has 2 atom stereocenters. The van der Waals surface area contributed by atoms with Gasteiger partial charge in [-0.2, -0.15) is 0 Å². The highest BCUT2D eigenvalue weighted by atomic mass is 16.6. The Kier molecular flexibility index (Phi) is 24.9. The van der Waals surface area contributed by atoms with E-state index >= 15 is 0 Å². The van der Waals surface area contributed by atoms with E-state index in [0.717, 1.165) is 12.8 Å². The summed E-state index contributed by atoms with van der Waals surface area (Å²) in [6.07, 6.45) is 9.64. The minimum absolute atomic E-state index is 0.0479. The van der Waals surface area contributed by atoms with Crippen LogP contribution in [0.2, 0.25) is 0 Å². The number of allylic oxidation sites excluding steroid dienone is 2. The van der Waals surface area contributed by atoms with E-state index in [9.17, 15) is 19.2 Å². The Balaban J connectivity index is 1.04. The summed E-state index contributed by atoms with van der Waals surface area (Å²) in [5, 5.41) is 0. The van der Waals surface area contributed by atoms with Crippen molar-refractivity contribution in [3.8, 4) is 28.7 Å². The molecule has 0 spiro atoms. The number of carbonyl (C=O) groups is 4. The predicted molar refractivity (Wildman–Crippen MR) is 300 cm³/mol. The second-order valence-electron chi connectivity index (χ2n) is 19.4. The molecule has 0 saturated carbocycles. The van der Waals surface area contributed by atoms with E-state index in [1.54, 1.807) is 48.4 Å². The monoisotopic (exact) mass is 1130 g/mol. The number of amides is 3. The van der Waals surface area contributed by atoms with Crippen molar-refractivity contribution in [2.75, 3.05) is 140 Å². The highest BCUT2D eigenvalue weighted by Crippen LogP contribution is 2.41. The lowest BCUT2D eigenvalue weighted by Gasteiger charge is -2.23. The van der Waals surface area contributed by atoms with Crippen LogP contribution in [0.3, 0.4) is 0 Å². The summed E-state index contributed by atoms with van der Waals surface area (Å²) in [5.74, 6) is 1.48. The van der Waals surface area contributed by atoms with Crippen molar-refractivity contribution < 1.29 is 76.0 Å². The summed E-state index contributed by atoms with van der Waals surface area (Å²) in [5.41, 5.74) is 5.06. The van der Waals surface area contributed by atoms with Crippen molar-refractivity contribution in [3.63, 3.8) is 0 Å². The number of aliphatic imine (C=N–C) groups is 2. The van der Waals surface area contributed by atoms with E-state index in [0.29, 0.717) is 155 Å². The number of fused-ring (bicyclic) bond motifs is 4. The van der Waals surface area contributed by atoms with Crippen LogP contribution in [-0.4, -0.2) is 208 Å². The molecule has 3 aromatic rings. The second-order valence-corrected chi connectivity index (χ2v) is 19.4. The lowest BCUT2D eigenvalue weighted by molar-refractivity contribution is -0.133. The van der Waals surface area contributed by atoms with Crippen LogP contribution in [0.25, 0.3) is 0 Å². The molecule has 1 aromatic heterocycles. The molecular formula is C59H78N6O16. The Hall–Kier alpha value is -6.79. The van der Waals surface area contributed by atoms with Crippen molar-refractivity contribution in [2.45, 2.75) is 71.8 Å². The van der Waals surface area contributed by atoms with E-state index in [2.05, 4.69) is 0 Å². The predicted octanol–water partition coefficient (Wildman–Crippen LogP) is 6.33. The number of hydrogen-bond donors (Lipinski definition) is 0. The van der Waals surface area contributed by atoms with E-state index in [1.165, 1.54) is 32.3 Å². The van der Waals surface area contributed by atoms with Crippen LogP contribution < -0.4 is 23.7 Å². The minimum atomic E-state index is -0.154. The first kappa shape index (κ1) is 61.8. The van der Waals surface area contributed by atoms with Gasteiger partial charge in [-0.15, -0.1) is 0 Å². The molecule has 2 fully saturated rings. The summed E-state index contributed by atoms with van der Waals surface area (Å²) in [4.78, 5) is 72.2. The van der Waals surface area contributed by atoms with E-state index in [-0.39, 0.29) is 88.1 Å². The summed E-state index contributed by atoms with van der Waals surface area (Å²) >= 11 is 0. The third-order valence-electron chi connectivity index (χ3n) is 13.7. The second kappa shape index (κ2) is 32.6. The minimum Gasteiger partial charge on any atom is -0.493 e. The molecule has 2 saturated heterocycles. The molecule has 7 rings (SSSR count). The molecule has 5 heterocycles. The van der Waals surface area contributed by atoms with Crippen molar-refractivity contribution in [1.29, 1.82) is 0 Å². The fraction of sp³-hybridized carbons (Fsp3) is 0.542. The van der Waals surface area contributed by atoms with Crippen molar-refractivity contribution in [2.24, 2.45) is 9.98 Å². The molecule has 0 N–H and O–H groups in total. The number of pyridine rings is 1. The number of aromatic nitrogens is 1. The van der Waals surface area contributed by atoms with Crippen LogP contribution in [0, 0.1) is 0 Å². The summed E-state index contributed by atoms with van der Waals surface area (Å²) in [7, 11) is 4.64. The maximum atomic E-state index is 13.8. The van der Waals surface area contributed by atoms with Crippen LogP contribution >= 0.6 is 0 Å². The Labute approximate surface area is 474 Å². The molecular weight excluding hydrogens is 1050 g/mol. The number of rotatable bonds is 36. The van der Waals surface area contributed by atoms with Crippen molar-refractivity contribution in [3.05, 3.63) is 82.2 Å². The lowest BCUT2D eigenvalue weighted by Crippen LogP contribution is -2.38. The first-order valence-electron chi connectivity index (χ1n) is 27.6. The summed E-state index contributed by atoms with van der Waals surface area (Å²) in [6.45, 7) is 11.7. The number of ether oxygens (including phenoxy) is 12. The lowest BCUT2D eigenvalue weighted by atomic mass is 10.1. The van der Waals surface area contributed by atoms with Gasteiger partial charge in [-0.25, -0.2) is 0 Å². The maximum Gasteiger partial charge on any atom is 0.257 e. The van der Waals surface area contributed by atoms with Gasteiger partial charge in [-0.1, -0.05) is 23.3 Å². The van der Waals surface area contributed by atoms with Gasteiger partial charge in [-0.05, 0) is 45.7 Å². The quantitative estimate of drug-likeness (QED) is 0.0458. The molecule has 440 valence electrons. The van der Waals surface area contributed by atoms with Crippen LogP contribution in [0.1, 0.15) is 78.6 Å². The number of methoxy groups -OCH3 is 3. The highest BCUT2D eigenvalue weighted by Gasteiger charge is 2.36. The average Bonchev–Trinajstić information content (AvgIpc) is 4.27. The largest absolute Gasteiger partial charge is 0.493 e. The van der Waals surface area contributed by atoms with Crippen LogP contribution in [-0.2, 0) is 56.0 Å². The van der Waals surface area contributed by atoms with Gasteiger partial charge in [-0.3, -0.25) is 34.1 Å². The zero-order chi connectivity index (χ0) is 57.3. The Morgan fingerprint density at radius 2 is 1.00 bits per heavy atom. The zero-order valence-electron chi connectivity index (χ0n) is 47.6. The summed E-state index contributed by atoms with van der Waals surface area (Å²) in [6, 6.07) is 9.91. The first-order chi connectivity index (χ1) is 39.5. The molecule has 2 unspecified atom stereocenters.